The van der Waals surface area contributed by atoms with Crippen LogP contribution in [0.5, 0.6) is 0 Å². The molecule has 0 saturated carbocycles. The van der Waals surface area contributed by atoms with Crippen LogP contribution in [0.3, 0.4) is 0 Å². The van der Waals surface area contributed by atoms with Gasteiger partial charge in [0.2, 0.25) is 0 Å². The van der Waals surface area contributed by atoms with Gasteiger partial charge < -0.3 is 5.73 Å². The fourth-order valence-corrected chi connectivity index (χ4v) is 2.70. The topological polar surface area (TPSA) is 29.3 Å². The third-order valence-electron chi connectivity index (χ3n) is 3.80. The van der Waals surface area contributed by atoms with Crippen LogP contribution in [0.15, 0.2) is 24.3 Å². The van der Waals surface area contributed by atoms with Crippen molar-refractivity contribution in [3.05, 3.63) is 35.4 Å². The molecule has 2 N–H and O–H groups in total. The number of nitrogens with zero attached hydrogens (tertiary/aromatic N) is 1. The molecule has 1 heterocycles. The fraction of sp³-hybridized carbons (Fsp3) is 0.600. The molecule has 1 fully saturated rings. The molecule has 1 aromatic rings. The molecule has 0 spiro atoms. The second-order valence-electron chi connectivity index (χ2n) is 5.16. The van der Waals surface area contributed by atoms with Crippen LogP contribution >= 0.6 is 0 Å². The molecule has 94 valence electrons. The molecule has 1 aliphatic heterocycles. The molecule has 0 radical (unpaired) electrons. The van der Waals surface area contributed by atoms with Crippen LogP contribution in [0.2, 0.25) is 0 Å². The van der Waals surface area contributed by atoms with E-state index in [0.717, 1.165) is 6.54 Å². The van der Waals surface area contributed by atoms with E-state index in [4.69, 9.17) is 5.73 Å². The molecule has 17 heavy (non-hydrogen) atoms. The fourth-order valence-electron chi connectivity index (χ4n) is 2.70. The van der Waals surface area contributed by atoms with E-state index in [9.17, 15) is 0 Å². The van der Waals surface area contributed by atoms with Crippen LogP contribution in [0.4, 0.5) is 0 Å². The number of hydrogen-bond acceptors (Lipinski definition) is 2. The van der Waals surface area contributed by atoms with Crippen molar-refractivity contribution < 1.29 is 0 Å². The van der Waals surface area contributed by atoms with Gasteiger partial charge in [-0.05, 0) is 51.3 Å². The Morgan fingerprint density at radius 3 is 2.76 bits per heavy atom. The van der Waals surface area contributed by atoms with E-state index < -0.39 is 0 Å². The Hall–Kier alpha value is -0.860. The Morgan fingerprint density at radius 2 is 2.06 bits per heavy atom. The maximum absolute atomic E-state index is 5.78. The molecular weight excluding hydrogens is 208 g/mol. The van der Waals surface area contributed by atoms with E-state index >= 15 is 0 Å². The predicted octanol–water partition coefficient (Wildman–Crippen LogP) is 2.35. The van der Waals surface area contributed by atoms with E-state index in [1.807, 2.05) is 0 Å². The summed E-state index contributed by atoms with van der Waals surface area (Å²) in [6, 6.07) is 9.55. The van der Waals surface area contributed by atoms with E-state index in [0.29, 0.717) is 6.04 Å². The number of hydrogen-bond donors (Lipinski definition) is 1. The van der Waals surface area contributed by atoms with Crippen molar-refractivity contribution in [2.45, 2.75) is 38.6 Å². The van der Waals surface area contributed by atoms with Gasteiger partial charge in [0.1, 0.15) is 0 Å². The molecule has 0 aromatic heterocycles. The molecule has 1 aromatic carbocycles. The van der Waals surface area contributed by atoms with Gasteiger partial charge in [0.25, 0.3) is 0 Å². The summed E-state index contributed by atoms with van der Waals surface area (Å²) >= 11 is 0. The quantitative estimate of drug-likeness (QED) is 0.844. The highest BCUT2D eigenvalue weighted by Gasteiger charge is 2.21. The first-order valence-electron chi connectivity index (χ1n) is 6.79. The first kappa shape index (κ1) is 12.6. The summed E-state index contributed by atoms with van der Waals surface area (Å²) < 4.78 is 0. The molecule has 1 aliphatic rings. The van der Waals surface area contributed by atoms with Gasteiger partial charge in [-0.15, -0.1) is 0 Å². The number of likely N-dealkylation sites (tertiary alicyclic amines) is 1. The lowest BCUT2D eigenvalue weighted by molar-refractivity contribution is 0.256. The molecule has 0 bridgehead atoms. The standard InChI is InChI=1S/C15H24N2/c1-13-6-8-14(9-7-13)4-2-10-17-11-3-5-15(17)12-16/h6-9,15H,2-5,10-12,16H2,1H3. The average molecular weight is 232 g/mol. The van der Waals surface area contributed by atoms with E-state index in [-0.39, 0.29) is 0 Å². The SMILES string of the molecule is Cc1ccc(CCCN2CCCC2CN)cc1. The lowest BCUT2D eigenvalue weighted by Gasteiger charge is -2.22. The van der Waals surface area contributed by atoms with Crippen molar-refractivity contribution in [1.82, 2.24) is 4.90 Å². The third kappa shape index (κ3) is 3.55. The minimum absolute atomic E-state index is 0.646. The van der Waals surface area contributed by atoms with Crippen molar-refractivity contribution in [1.29, 1.82) is 0 Å². The van der Waals surface area contributed by atoms with Gasteiger partial charge in [-0.3, -0.25) is 4.90 Å². The number of nitrogens with two attached hydrogens (primary N) is 1. The zero-order valence-electron chi connectivity index (χ0n) is 10.9. The number of rotatable bonds is 5. The minimum atomic E-state index is 0.646. The Bertz CT molecular complexity index is 331. The van der Waals surface area contributed by atoms with Crippen LogP contribution in [0.1, 0.15) is 30.4 Å². The summed E-state index contributed by atoms with van der Waals surface area (Å²) in [5.74, 6) is 0. The maximum Gasteiger partial charge on any atom is 0.0218 e. The highest BCUT2D eigenvalue weighted by atomic mass is 15.2. The van der Waals surface area contributed by atoms with Crippen LogP contribution in [-0.4, -0.2) is 30.6 Å². The second kappa shape index (κ2) is 6.18. The first-order chi connectivity index (χ1) is 8.29. The Morgan fingerprint density at radius 1 is 1.29 bits per heavy atom. The normalized spacial score (nSPS) is 20.9. The van der Waals surface area contributed by atoms with Crippen molar-refractivity contribution in [3.8, 4) is 0 Å². The molecule has 2 rings (SSSR count). The van der Waals surface area contributed by atoms with Crippen LogP contribution < -0.4 is 5.73 Å². The molecule has 0 amide bonds. The van der Waals surface area contributed by atoms with Crippen LogP contribution in [0, 0.1) is 6.92 Å². The maximum atomic E-state index is 5.78. The van der Waals surface area contributed by atoms with Gasteiger partial charge in [-0.25, -0.2) is 0 Å². The van der Waals surface area contributed by atoms with Gasteiger partial charge in [-0.1, -0.05) is 29.8 Å². The monoisotopic (exact) mass is 232 g/mol. The third-order valence-corrected chi connectivity index (χ3v) is 3.80. The molecule has 1 unspecified atom stereocenters. The molecule has 2 heteroatoms. The summed E-state index contributed by atoms with van der Waals surface area (Å²) in [5, 5.41) is 0. The average Bonchev–Trinajstić information content (AvgIpc) is 2.79. The Kier molecular flexibility index (Phi) is 4.57. The number of benzene rings is 1. The van der Waals surface area contributed by atoms with E-state index in [1.165, 1.54) is 49.9 Å². The zero-order chi connectivity index (χ0) is 12.1. The Balaban J connectivity index is 1.74. The molecule has 2 nitrogen and oxygen atoms in total. The molecule has 1 saturated heterocycles. The highest BCUT2D eigenvalue weighted by Crippen LogP contribution is 2.16. The number of aryl methyl sites for hydroxylation is 2. The van der Waals surface area contributed by atoms with Crippen molar-refractivity contribution in [3.63, 3.8) is 0 Å². The predicted molar refractivity (Wildman–Crippen MR) is 73.1 cm³/mol. The van der Waals surface area contributed by atoms with Gasteiger partial charge in [0, 0.05) is 12.6 Å². The highest BCUT2D eigenvalue weighted by molar-refractivity contribution is 5.21. The zero-order valence-corrected chi connectivity index (χ0v) is 10.9. The van der Waals surface area contributed by atoms with Crippen LogP contribution in [-0.2, 0) is 6.42 Å². The first-order valence-corrected chi connectivity index (χ1v) is 6.79. The molecular formula is C15H24N2. The van der Waals surface area contributed by atoms with Gasteiger partial charge >= 0.3 is 0 Å². The Labute approximate surface area is 105 Å². The summed E-state index contributed by atoms with van der Waals surface area (Å²) in [5.41, 5.74) is 8.58. The molecule has 0 aliphatic carbocycles. The summed E-state index contributed by atoms with van der Waals surface area (Å²) in [6.07, 6.45) is 5.06. The minimum Gasteiger partial charge on any atom is -0.329 e. The lowest BCUT2D eigenvalue weighted by atomic mass is 10.1. The summed E-state index contributed by atoms with van der Waals surface area (Å²) in [6.45, 7) is 5.41. The van der Waals surface area contributed by atoms with Gasteiger partial charge in [-0.2, -0.15) is 0 Å². The van der Waals surface area contributed by atoms with Crippen LogP contribution in [0.25, 0.3) is 0 Å². The second-order valence-corrected chi connectivity index (χ2v) is 5.16. The van der Waals surface area contributed by atoms with Crippen molar-refractivity contribution >= 4 is 0 Å². The largest absolute Gasteiger partial charge is 0.329 e. The van der Waals surface area contributed by atoms with Gasteiger partial charge in [0.05, 0.1) is 0 Å². The summed E-state index contributed by atoms with van der Waals surface area (Å²) in [7, 11) is 0. The lowest BCUT2D eigenvalue weighted by Crippen LogP contribution is -2.36. The molecule has 1 atom stereocenters. The smallest absolute Gasteiger partial charge is 0.0218 e. The van der Waals surface area contributed by atoms with E-state index in [1.54, 1.807) is 0 Å². The van der Waals surface area contributed by atoms with Gasteiger partial charge in [0.15, 0.2) is 0 Å². The van der Waals surface area contributed by atoms with Crippen molar-refractivity contribution in [2.24, 2.45) is 5.73 Å². The van der Waals surface area contributed by atoms with Crippen molar-refractivity contribution in [2.75, 3.05) is 19.6 Å². The van der Waals surface area contributed by atoms with E-state index in [2.05, 4.69) is 36.1 Å². The summed E-state index contributed by atoms with van der Waals surface area (Å²) in [4.78, 5) is 2.56.